The van der Waals surface area contributed by atoms with Gasteiger partial charge in [0, 0.05) is 56.7 Å². The first-order valence-electron chi connectivity index (χ1n) is 19.8. The predicted molar refractivity (Wildman–Crippen MR) is 211 cm³/mol. The van der Waals surface area contributed by atoms with E-state index in [2.05, 4.69) is 20.2 Å². The summed E-state index contributed by atoms with van der Waals surface area (Å²) in [6.07, 6.45) is 6.55. The van der Waals surface area contributed by atoms with Gasteiger partial charge in [0.15, 0.2) is 6.10 Å². The summed E-state index contributed by atoms with van der Waals surface area (Å²) in [6, 6.07) is 9.46. The Bertz CT molecular complexity index is 1710. The topological polar surface area (TPSA) is 148 Å². The number of methoxy groups -OCH3 is 1. The van der Waals surface area contributed by atoms with Crippen molar-refractivity contribution in [2.75, 3.05) is 20.7 Å². The van der Waals surface area contributed by atoms with Crippen molar-refractivity contribution in [2.24, 2.45) is 34.6 Å². The first-order valence-corrected chi connectivity index (χ1v) is 20.7. The lowest BCUT2D eigenvalue weighted by molar-refractivity contribution is -0.149. The van der Waals surface area contributed by atoms with E-state index in [1.54, 1.807) is 30.5 Å². The number of thiazole rings is 1. The predicted octanol–water partition coefficient (Wildman–Crippen LogP) is 6.05. The van der Waals surface area contributed by atoms with Crippen LogP contribution in [0.4, 0.5) is 0 Å². The van der Waals surface area contributed by atoms with Crippen LogP contribution in [0.2, 0.25) is 0 Å². The van der Waals surface area contributed by atoms with Gasteiger partial charge in [-0.1, -0.05) is 71.4 Å². The molecule has 4 unspecified atom stereocenters. The molecule has 3 saturated heterocycles. The molecule has 55 heavy (non-hydrogen) atoms. The fraction of sp³-hybridized carbons (Fsp3) is 0.643. The summed E-state index contributed by atoms with van der Waals surface area (Å²) in [6.45, 7) is 12.1. The zero-order valence-corrected chi connectivity index (χ0v) is 34.5. The van der Waals surface area contributed by atoms with Crippen LogP contribution >= 0.6 is 11.3 Å². The van der Waals surface area contributed by atoms with Crippen molar-refractivity contribution in [3.8, 4) is 0 Å². The van der Waals surface area contributed by atoms with Gasteiger partial charge in [0.1, 0.15) is 16.2 Å². The number of carbonyl (C=O) groups is 5. The fourth-order valence-electron chi connectivity index (χ4n) is 8.83. The highest BCUT2D eigenvalue weighted by Gasteiger charge is 2.62. The third kappa shape index (κ3) is 9.71. The summed E-state index contributed by atoms with van der Waals surface area (Å²) >= 11 is 1.21. The largest absolute Gasteiger partial charge is 0.469 e. The molecule has 3 aliphatic rings. The maximum atomic E-state index is 14.3. The number of carbonyl (C=O) groups excluding carboxylic acids is 5. The Balaban J connectivity index is 1.30. The summed E-state index contributed by atoms with van der Waals surface area (Å²) in [7, 11) is 3.10. The highest BCUT2D eigenvalue weighted by molar-refractivity contribution is 7.09. The van der Waals surface area contributed by atoms with E-state index in [-0.39, 0.29) is 53.8 Å². The third-order valence-electron chi connectivity index (χ3n) is 12.2. The van der Waals surface area contributed by atoms with Gasteiger partial charge in [0.25, 0.3) is 11.8 Å². The molecule has 3 aliphatic heterocycles. The lowest BCUT2D eigenvalue weighted by Crippen LogP contribution is -2.67. The minimum absolute atomic E-state index is 0.0300. The van der Waals surface area contributed by atoms with Gasteiger partial charge in [-0.15, -0.1) is 11.3 Å². The maximum absolute atomic E-state index is 14.3. The zero-order valence-electron chi connectivity index (χ0n) is 33.7. The molecule has 9 atom stereocenters. The number of rotatable bonds is 18. The standard InChI is InChI=1S/C42H59N5O7S/c1-9-26(4)33(22-43-41(52)42-16-15-30-19-32(21-42)47(42)23-30)39(50)46(7)35(25(2)3)20-36(54-28(6)48)38-45-34(24-55-38)37(49)44-31(17-27(5)40(51)53-8)18-29-13-11-10-12-14-29/h10-14,22,24-27,30-33,35-36H,9,15-21,23H2,1-8H3,(H,44,49)/b43-22+/t26-,27-,30?,31+,32?,33?,35+,36+,42?/m0/s1. The molecule has 1 aromatic carbocycles. The van der Waals surface area contributed by atoms with E-state index in [0.29, 0.717) is 29.8 Å². The quantitative estimate of drug-likeness (QED) is 0.141. The van der Waals surface area contributed by atoms with Crippen molar-refractivity contribution in [1.82, 2.24) is 20.1 Å². The van der Waals surface area contributed by atoms with Gasteiger partial charge in [-0.2, -0.15) is 0 Å². The molecule has 1 N–H and O–H groups in total. The summed E-state index contributed by atoms with van der Waals surface area (Å²) in [5.41, 5.74) is 0.675. The van der Waals surface area contributed by atoms with E-state index in [1.165, 1.54) is 31.8 Å². The third-order valence-corrected chi connectivity index (χ3v) is 13.1. The zero-order chi connectivity index (χ0) is 40.0. The van der Waals surface area contributed by atoms with Crippen molar-refractivity contribution in [3.63, 3.8) is 0 Å². The highest BCUT2D eigenvalue weighted by Crippen LogP contribution is 2.54. The van der Waals surface area contributed by atoms with Crippen LogP contribution in [-0.2, 0) is 35.1 Å². The summed E-state index contributed by atoms with van der Waals surface area (Å²) in [4.78, 5) is 79.4. The number of aromatic nitrogens is 1. The molecule has 0 saturated carbocycles. The summed E-state index contributed by atoms with van der Waals surface area (Å²) < 4.78 is 10.8. The van der Waals surface area contributed by atoms with Gasteiger partial charge < -0.3 is 19.7 Å². The number of amides is 3. The molecule has 2 bridgehead atoms. The number of fused-ring (bicyclic) bond motifs is 1. The number of esters is 2. The minimum atomic E-state index is -0.815. The summed E-state index contributed by atoms with van der Waals surface area (Å²) in [5.74, 6) is -1.99. The van der Waals surface area contributed by atoms with Crippen LogP contribution in [0, 0.1) is 29.6 Å². The number of benzene rings is 1. The van der Waals surface area contributed by atoms with E-state index in [1.807, 2.05) is 58.0 Å². The number of aliphatic imine (C=N–C) groups is 1. The number of ether oxygens (including phenoxy) is 2. The Morgan fingerprint density at radius 2 is 1.85 bits per heavy atom. The molecule has 4 heterocycles. The van der Waals surface area contributed by atoms with Crippen LogP contribution in [0.25, 0.3) is 0 Å². The van der Waals surface area contributed by atoms with Crippen molar-refractivity contribution < 1.29 is 33.4 Å². The number of hydrogen-bond donors (Lipinski definition) is 1. The van der Waals surface area contributed by atoms with E-state index in [4.69, 9.17) is 9.47 Å². The molecule has 3 fully saturated rings. The van der Waals surface area contributed by atoms with E-state index in [9.17, 15) is 24.0 Å². The minimum Gasteiger partial charge on any atom is -0.469 e. The van der Waals surface area contributed by atoms with Crippen LogP contribution in [-0.4, -0.2) is 95.0 Å². The first-order chi connectivity index (χ1) is 26.2. The molecular weight excluding hydrogens is 719 g/mol. The molecule has 300 valence electrons. The lowest BCUT2D eigenvalue weighted by atomic mass is 9.75. The number of nitrogens with one attached hydrogen (secondary N) is 1. The molecule has 13 heteroatoms. The molecule has 0 aliphatic carbocycles. The van der Waals surface area contributed by atoms with Crippen molar-refractivity contribution in [2.45, 2.75) is 123 Å². The second-order valence-corrected chi connectivity index (χ2v) is 17.3. The Morgan fingerprint density at radius 1 is 1.13 bits per heavy atom. The highest BCUT2D eigenvalue weighted by atomic mass is 32.1. The van der Waals surface area contributed by atoms with Gasteiger partial charge >= 0.3 is 11.9 Å². The number of piperidine rings is 1. The molecule has 1 aromatic heterocycles. The summed E-state index contributed by atoms with van der Waals surface area (Å²) in [5, 5.41) is 5.13. The van der Waals surface area contributed by atoms with Gasteiger partial charge in [-0.05, 0) is 61.8 Å². The van der Waals surface area contributed by atoms with Gasteiger partial charge in [-0.3, -0.25) is 28.9 Å². The average Bonchev–Trinajstić information content (AvgIpc) is 3.68. The molecule has 12 nitrogen and oxygen atoms in total. The lowest BCUT2D eigenvalue weighted by Gasteiger charge is -2.54. The normalized spacial score (nSPS) is 23.6. The van der Waals surface area contributed by atoms with E-state index >= 15 is 0 Å². The second kappa shape index (κ2) is 18.3. The van der Waals surface area contributed by atoms with Crippen molar-refractivity contribution in [3.05, 3.63) is 52.0 Å². The molecule has 0 spiro atoms. The molecule has 0 radical (unpaired) electrons. The Hall–Kier alpha value is -3.97. The van der Waals surface area contributed by atoms with Crippen LogP contribution in [0.3, 0.4) is 0 Å². The van der Waals surface area contributed by atoms with Crippen molar-refractivity contribution >= 4 is 47.2 Å². The molecule has 5 rings (SSSR count). The maximum Gasteiger partial charge on any atom is 0.308 e. The molecule has 2 aromatic rings. The van der Waals surface area contributed by atoms with Crippen LogP contribution in [0.5, 0.6) is 0 Å². The van der Waals surface area contributed by atoms with Gasteiger partial charge in [0.2, 0.25) is 5.91 Å². The van der Waals surface area contributed by atoms with Crippen LogP contribution in [0.1, 0.15) is 114 Å². The smallest absolute Gasteiger partial charge is 0.308 e. The second-order valence-electron chi connectivity index (χ2n) is 16.4. The van der Waals surface area contributed by atoms with Crippen LogP contribution < -0.4 is 5.32 Å². The SMILES string of the molecule is CC[C@H](C)C(/C=N/C(=O)C12CCC3CC(C1)N2C3)C(=O)N(C)[C@H](C[C@@H](OC(C)=O)c1nc(C(=O)N[C@@H](Cc2ccccc2)C[C@H](C)C(=O)OC)cs1)C(C)C. The van der Waals surface area contributed by atoms with E-state index < -0.39 is 35.4 Å². The molecular formula is C42H59N5O7S. The Morgan fingerprint density at radius 3 is 2.51 bits per heavy atom. The fourth-order valence-corrected chi connectivity index (χ4v) is 9.67. The van der Waals surface area contributed by atoms with Gasteiger partial charge in [0.05, 0.1) is 18.9 Å². The van der Waals surface area contributed by atoms with E-state index in [0.717, 1.165) is 37.8 Å². The first kappa shape index (κ1) is 42.2. The monoisotopic (exact) mass is 777 g/mol. The van der Waals surface area contributed by atoms with Crippen molar-refractivity contribution in [1.29, 1.82) is 0 Å². The van der Waals surface area contributed by atoms with Crippen LogP contribution in [0.15, 0.2) is 40.7 Å². The Kier molecular flexibility index (Phi) is 14.0. The average molecular weight is 778 g/mol. The Labute approximate surface area is 329 Å². The number of nitrogens with zero attached hydrogens (tertiary/aromatic N) is 4. The molecule has 3 amide bonds. The van der Waals surface area contributed by atoms with Gasteiger partial charge in [-0.25, -0.2) is 9.98 Å². The number of hydrogen-bond acceptors (Lipinski definition) is 10.